The minimum absolute atomic E-state index is 0.0723. The quantitative estimate of drug-likeness (QED) is 0.686. The maximum Gasteiger partial charge on any atom is 0.240 e. The molecule has 20 heavy (non-hydrogen) atoms. The van der Waals surface area contributed by atoms with Crippen LogP contribution in [0.5, 0.6) is 0 Å². The summed E-state index contributed by atoms with van der Waals surface area (Å²) in [5.41, 5.74) is 0.985. The van der Waals surface area contributed by atoms with Gasteiger partial charge in [0.1, 0.15) is 0 Å². The Morgan fingerprint density at radius 3 is 2.75 bits per heavy atom. The summed E-state index contributed by atoms with van der Waals surface area (Å²) < 4.78 is 27.2. The van der Waals surface area contributed by atoms with Crippen LogP contribution in [0.4, 0.5) is 0 Å². The molecule has 2 N–H and O–H groups in total. The van der Waals surface area contributed by atoms with E-state index in [1.165, 1.54) is 0 Å². The first-order valence-corrected chi connectivity index (χ1v) is 9.68. The van der Waals surface area contributed by atoms with Gasteiger partial charge >= 0.3 is 0 Å². The first-order valence-electron chi connectivity index (χ1n) is 6.80. The predicted octanol–water partition coefficient (Wildman–Crippen LogP) is 2.22. The molecule has 0 saturated heterocycles. The van der Waals surface area contributed by atoms with Gasteiger partial charge in [-0.1, -0.05) is 19.1 Å². The first kappa shape index (κ1) is 17.5. The van der Waals surface area contributed by atoms with Gasteiger partial charge < -0.3 is 5.32 Å². The van der Waals surface area contributed by atoms with Gasteiger partial charge in [-0.3, -0.25) is 0 Å². The van der Waals surface area contributed by atoms with E-state index in [0.29, 0.717) is 11.4 Å². The van der Waals surface area contributed by atoms with Gasteiger partial charge in [0, 0.05) is 18.3 Å². The molecule has 4 nitrogen and oxygen atoms in total. The van der Waals surface area contributed by atoms with E-state index in [2.05, 4.69) is 17.0 Å². The third-order valence-electron chi connectivity index (χ3n) is 2.74. The molecule has 114 valence electrons. The second kappa shape index (κ2) is 8.67. The summed E-state index contributed by atoms with van der Waals surface area (Å²) in [6.45, 7) is 5.60. The van der Waals surface area contributed by atoms with Crippen molar-refractivity contribution in [3.8, 4) is 0 Å². The number of benzene rings is 1. The molecule has 0 aliphatic heterocycles. The van der Waals surface area contributed by atoms with Crippen LogP contribution in [0, 0.1) is 0 Å². The number of hydrogen-bond acceptors (Lipinski definition) is 4. The summed E-state index contributed by atoms with van der Waals surface area (Å²) in [7, 11) is -3.43. The van der Waals surface area contributed by atoms with Gasteiger partial charge in [-0.15, -0.1) is 0 Å². The Morgan fingerprint density at radius 1 is 1.35 bits per heavy atom. The third kappa shape index (κ3) is 5.83. The average molecular weight is 316 g/mol. The molecular weight excluding hydrogens is 292 g/mol. The van der Waals surface area contributed by atoms with E-state index in [1.54, 1.807) is 30.0 Å². The monoisotopic (exact) mass is 316 g/mol. The summed E-state index contributed by atoms with van der Waals surface area (Å²) in [5, 5.41) is 3.27. The van der Waals surface area contributed by atoms with Crippen LogP contribution in [0.2, 0.25) is 0 Å². The second-order valence-corrected chi connectivity index (χ2v) is 7.43. The largest absolute Gasteiger partial charge is 0.313 e. The molecule has 0 fully saturated rings. The minimum atomic E-state index is -3.43. The first-order chi connectivity index (χ1) is 9.49. The lowest BCUT2D eigenvalue weighted by molar-refractivity contribution is 0.570. The van der Waals surface area contributed by atoms with Crippen LogP contribution in [-0.4, -0.2) is 33.0 Å². The van der Waals surface area contributed by atoms with E-state index in [1.807, 2.05) is 19.2 Å². The summed E-state index contributed by atoms with van der Waals surface area (Å²) in [4.78, 5) is 0.334. The number of thioether (sulfide) groups is 1. The fourth-order valence-corrected chi connectivity index (χ4v) is 3.85. The zero-order valence-electron chi connectivity index (χ0n) is 12.3. The van der Waals surface area contributed by atoms with Crippen molar-refractivity contribution in [1.29, 1.82) is 0 Å². The Morgan fingerprint density at radius 2 is 2.10 bits per heavy atom. The highest BCUT2D eigenvalue weighted by atomic mass is 32.2. The van der Waals surface area contributed by atoms with Crippen LogP contribution in [0.3, 0.4) is 0 Å². The minimum Gasteiger partial charge on any atom is -0.313 e. The lowest BCUT2D eigenvalue weighted by Crippen LogP contribution is -2.34. The maximum absolute atomic E-state index is 12.3. The molecule has 0 radical (unpaired) electrons. The summed E-state index contributed by atoms with van der Waals surface area (Å²) in [6, 6.07) is 7.02. The fraction of sp³-hybridized carbons (Fsp3) is 0.571. The Hall–Kier alpha value is -0.560. The highest BCUT2D eigenvalue weighted by molar-refractivity contribution is 7.98. The van der Waals surface area contributed by atoms with E-state index in [0.717, 1.165) is 24.3 Å². The zero-order valence-corrected chi connectivity index (χ0v) is 14.0. The maximum atomic E-state index is 12.3. The van der Waals surface area contributed by atoms with E-state index < -0.39 is 10.0 Å². The Kier molecular flexibility index (Phi) is 7.58. The van der Waals surface area contributed by atoms with Crippen LogP contribution in [0.25, 0.3) is 0 Å². The molecule has 0 heterocycles. The lowest BCUT2D eigenvalue weighted by Gasteiger charge is -2.13. The molecule has 0 amide bonds. The van der Waals surface area contributed by atoms with Gasteiger partial charge in [0.15, 0.2) is 0 Å². The molecule has 0 saturated carbocycles. The molecule has 0 spiro atoms. The van der Waals surface area contributed by atoms with Crippen LogP contribution in [-0.2, 0) is 16.6 Å². The van der Waals surface area contributed by atoms with Gasteiger partial charge in [0.25, 0.3) is 0 Å². The molecule has 0 aliphatic rings. The highest BCUT2D eigenvalue weighted by Gasteiger charge is 2.17. The highest BCUT2D eigenvalue weighted by Crippen LogP contribution is 2.12. The molecule has 0 aromatic heterocycles. The van der Waals surface area contributed by atoms with Crippen LogP contribution in [0.15, 0.2) is 29.2 Å². The average Bonchev–Trinajstić information content (AvgIpc) is 2.39. The molecule has 6 heteroatoms. The molecule has 0 bridgehead atoms. The van der Waals surface area contributed by atoms with Crippen molar-refractivity contribution in [2.75, 3.05) is 18.6 Å². The van der Waals surface area contributed by atoms with Gasteiger partial charge in [0.05, 0.1) is 4.90 Å². The standard InChI is InChI=1S/C14H24N2O2S2/c1-4-8-15-10-13-6-5-7-14(9-13)20(17,18)16-12(2)11-19-3/h5-7,9,12,15-16H,4,8,10-11H2,1-3H3. The predicted molar refractivity (Wildman–Crippen MR) is 86.6 cm³/mol. The Bertz CT molecular complexity index is 504. The summed E-state index contributed by atoms with van der Waals surface area (Å²) in [6.07, 6.45) is 3.02. The normalized spacial score (nSPS) is 13.3. The Balaban J connectivity index is 2.76. The smallest absolute Gasteiger partial charge is 0.240 e. The Labute approximate surface area is 126 Å². The van der Waals surface area contributed by atoms with Crippen LogP contribution >= 0.6 is 11.8 Å². The van der Waals surface area contributed by atoms with Crippen molar-refractivity contribution in [3.63, 3.8) is 0 Å². The molecular formula is C14H24N2O2S2. The molecule has 1 rings (SSSR count). The van der Waals surface area contributed by atoms with Crippen molar-refractivity contribution in [1.82, 2.24) is 10.0 Å². The van der Waals surface area contributed by atoms with Crippen molar-refractivity contribution < 1.29 is 8.42 Å². The van der Waals surface area contributed by atoms with Crippen LogP contribution in [0.1, 0.15) is 25.8 Å². The third-order valence-corrected chi connectivity index (χ3v) is 5.16. The van der Waals surface area contributed by atoms with Gasteiger partial charge in [-0.25, -0.2) is 13.1 Å². The molecule has 1 unspecified atom stereocenters. The topological polar surface area (TPSA) is 58.2 Å². The summed E-state index contributed by atoms with van der Waals surface area (Å²) >= 11 is 1.63. The van der Waals surface area contributed by atoms with Gasteiger partial charge in [0.2, 0.25) is 10.0 Å². The van der Waals surface area contributed by atoms with E-state index in [-0.39, 0.29) is 6.04 Å². The fourth-order valence-electron chi connectivity index (χ4n) is 1.85. The number of sulfonamides is 1. The zero-order chi connectivity index (χ0) is 15.0. The van der Waals surface area contributed by atoms with Crippen molar-refractivity contribution in [3.05, 3.63) is 29.8 Å². The molecule has 1 aromatic carbocycles. The van der Waals surface area contributed by atoms with Crippen molar-refractivity contribution in [2.24, 2.45) is 0 Å². The molecule has 1 atom stereocenters. The summed E-state index contributed by atoms with van der Waals surface area (Å²) in [5.74, 6) is 0.761. The number of rotatable bonds is 9. The van der Waals surface area contributed by atoms with Crippen molar-refractivity contribution in [2.45, 2.75) is 37.8 Å². The second-order valence-electron chi connectivity index (χ2n) is 4.80. The van der Waals surface area contributed by atoms with Gasteiger partial charge in [-0.2, -0.15) is 11.8 Å². The van der Waals surface area contributed by atoms with Gasteiger partial charge in [-0.05, 0) is 43.8 Å². The van der Waals surface area contributed by atoms with E-state index in [9.17, 15) is 8.42 Å². The number of hydrogen-bond donors (Lipinski definition) is 2. The SMILES string of the molecule is CCCNCc1cccc(S(=O)(=O)NC(C)CSC)c1. The van der Waals surface area contributed by atoms with E-state index >= 15 is 0 Å². The molecule has 0 aliphatic carbocycles. The van der Waals surface area contributed by atoms with Crippen molar-refractivity contribution >= 4 is 21.8 Å². The number of nitrogens with one attached hydrogen (secondary N) is 2. The van der Waals surface area contributed by atoms with E-state index in [4.69, 9.17) is 0 Å². The molecule has 1 aromatic rings. The lowest BCUT2D eigenvalue weighted by atomic mass is 10.2. The van der Waals surface area contributed by atoms with Crippen LogP contribution < -0.4 is 10.0 Å².